The first-order chi connectivity index (χ1) is 17.6. The van der Waals surface area contributed by atoms with E-state index in [2.05, 4.69) is 21.0 Å². The van der Waals surface area contributed by atoms with Gasteiger partial charge in [-0.2, -0.15) is 5.26 Å². The second-order valence-corrected chi connectivity index (χ2v) is 12.0. The molecule has 1 aliphatic rings. The van der Waals surface area contributed by atoms with E-state index < -0.39 is 15.4 Å². The molecule has 0 aliphatic carbocycles. The molecule has 10 nitrogen and oxygen atoms in total. The minimum absolute atomic E-state index is 0.0116. The number of imidazole rings is 1. The molecule has 0 unspecified atom stereocenters. The number of pyridine rings is 1. The molecule has 1 aliphatic heterocycles. The summed E-state index contributed by atoms with van der Waals surface area (Å²) in [5, 5.41) is 10.1. The molecule has 4 heterocycles. The molecule has 37 heavy (non-hydrogen) atoms. The van der Waals surface area contributed by atoms with Crippen LogP contribution in [0.15, 0.2) is 52.5 Å². The highest BCUT2D eigenvalue weighted by atomic mass is 32.2. The molecular weight excluding hydrogens is 492 g/mol. The summed E-state index contributed by atoms with van der Waals surface area (Å²) < 4.78 is 34.8. The molecule has 11 heteroatoms. The van der Waals surface area contributed by atoms with Crippen LogP contribution in [0, 0.1) is 11.3 Å². The summed E-state index contributed by atoms with van der Waals surface area (Å²) in [6, 6.07) is 12.1. The van der Waals surface area contributed by atoms with Crippen molar-refractivity contribution in [3.05, 3.63) is 48.4 Å². The van der Waals surface area contributed by atoms with Crippen molar-refractivity contribution in [1.82, 2.24) is 24.4 Å². The number of likely N-dealkylation sites (tertiary alicyclic amines) is 1. The number of hydrogen-bond acceptors (Lipinski definition) is 7. The van der Waals surface area contributed by atoms with Crippen molar-refractivity contribution in [2.24, 2.45) is 0 Å². The number of carbonyl (C=O) groups excluding carboxylic acids is 1. The molecule has 0 spiro atoms. The van der Waals surface area contributed by atoms with Crippen LogP contribution in [-0.2, 0) is 21.0 Å². The van der Waals surface area contributed by atoms with Gasteiger partial charge >= 0.3 is 6.09 Å². The lowest BCUT2D eigenvalue weighted by molar-refractivity contribution is 0.0189. The van der Waals surface area contributed by atoms with Gasteiger partial charge in [0.25, 0.3) is 0 Å². The number of H-pyrrole nitrogens is 1. The maximum Gasteiger partial charge on any atom is 0.410 e. The van der Waals surface area contributed by atoms with Crippen LogP contribution >= 0.6 is 0 Å². The number of ether oxygens (including phenoxy) is 1. The van der Waals surface area contributed by atoms with E-state index in [1.807, 2.05) is 31.4 Å². The number of aromatic amines is 1. The van der Waals surface area contributed by atoms with Gasteiger partial charge in [0.15, 0.2) is 5.03 Å². The van der Waals surface area contributed by atoms with Crippen molar-refractivity contribution in [3.8, 4) is 6.07 Å². The van der Waals surface area contributed by atoms with E-state index >= 15 is 0 Å². The Kier molecular flexibility index (Phi) is 6.15. The minimum atomic E-state index is -3.98. The highest BCUT2D eigenvalue weighted by Crippen LogP contribution is 2.36. The Balaban J connectivity index is 1.62. The maximum absolute atomic E-state index is 13.7. The van der Waals surface area contributed by atoms with Crippen LogP contribution in [0.25, 0.3) is 22.1 Å². The molecule has 1 N–H and O–H groups in total. The molecule has 1 fully saturated rings. The summed E-state index contributed by atoms with van der Waals surface area (Å²) in [5.41, 5.74) is 0.720. The fraction of sp³-hybridized carbons (Fsp3) is 0.385. The third kappa shape index (κ3) is 4.53. The van der Waals surface area contributed by atoms with Gasteiger partial charge in [0.05, 0.1) is 22.9 Å². The number of carbonyl (C=O) groups is 1. The Labute approximate surface area is 214 Å². The molecule has 1 saturated heterocycles. The predicted octanol–water partition coefficient (Wildman–Crippen LogP) is 4.38. The lowest BCUT2D eigenvalue weighted by Crippen LogP contribution is -2.42. The zero-order valence-corrected chi connectivity index (χ0v) is 21.7. The van der Waals surface area contributed by atoms with Crippen molar-refractivity contribution >= 4 is 38.0 Å². The Morgan fingerprint density at radius 3 is 2.51 bits per heavy atom. The van der Waals surface area contributed by atoms with Gasteiger partial charge in [-0.1, -0.05) is 18.2 Å². The van der Waals surface area contributed by atoms with E-state index in [-0.39, 0.29) is 34.0 Å². The number of benzene rings is 1. The normalized spacial score (nSPS) is 15.2. The second kappa shape index (κ2) is 9.19. The average molecular weight is 521 g/mol. The topological polar surface area (TPSA) is 134 Å². The molecule has 4 aromatic rings. The molecule has 0 saturated carbocycles. The van der Waals surface area contributed by atoms with Crippen LogP contribution < -0.4 is 0 Å². The number of piperidine rings is 1. The number of nitrogens with zero attached hydrogens (tertiary/aromatic N) is 5. The van der Waals surface area contributed by atoms with E-state index in [0.717, 1.165) is 5.39 Å². The predicted molar refractivity (Wildman–Crippen MR) is 137 cm³/mol. The fourth-order valence-electron chi connectivity index (χ4n) is 4.80. The lowest BCUT2D eigenvalue weighted by Gasteiger charge is -2.34. The SMILES string of the molecule is CC(C)(C)OC(=O)N1CCC(n2c(CC#N)nc3c(S(=O)(=O)c4ccccc4)nc4[nH]ccc4c32)CC1. The monoisotopic (exact) mass is 520 g/mol. The highest BCUT2D eigenvalue weighted by molar-refractivity contribution is 7.91. The third-order valence-electron chi connectivity index (χ3n) is 6.41. The van der Waals surface area contributed by atoms with Gasteiger partial charge in [-0.15, -0.1) is 0 Å². The van der Waals surface area contributed by atoms with E-state index in [1.54, 1.807) is 29.3 Å². The number of nitriles is 1. The van der Waals surface area contributed by atoms with Crippen LogP contribution in [0.5, 0.6) is 0 Å². The molecule has 0 bridgehead atoms. The summed E-state index contributed by atoms with van der Waals surface area (Å²) in [6.45, 7) is 6.45. The Morgan fingerprint density at radius 1 is 1.16 bits per heavy atom. The number of fused-ring (bicyclic) bond motifs is 3. The largest absolute Gasteiger partial charge is 0.444 e. The van der Waals surface area contributed by atoms with Gasteiger partial charge < -0.3 is 19.2 Å². The summed E-state index contributed by atoms with van der Waals surface area (Å²) in [7, 11) is -3.98. The summed E-state index contributed by atoms with van der Waals surface area (Å²) >= 11 is 0. The average Bonchev–Trinajstić information content (AvgIpc) is 3.47. The second-order valence-electron chi connectivity index (χ2n) is 10.1. The maximum atomic E-state index is 13.7. The standard InChI is InChI=1S/C26H28N6O4S/c1-26(2,3)36-25(33)31-15-11-17(12-16-31)32-20(9-13-27)29-21-22(32)19-10-14-28-23(19)30-24(21)37(34,35)18-7-5-4-6-8-18/h4-8,10,14,17H,9,11-12,15-16H2,1-3H3,(H,28,30). The number of hydrogen-bond donors (Lipinski definition) is 1. The minimum Gasteiger partial charge on any atom is -0.444 e. The zero-order chi connectivity index (χ0) is 26.4. The number of amides is 1. The number of nitrogens with one attached hydrogen (secondary N) is 1. The lowest BCUT2D eigenvalue weighted by atomic mass is 10.0. The van der Waals surface area contributed by atoms with Crippen molar-refractivity contribution in [3.63, 3.8) is 0 Å². The smallest absolute Gasteiger partial charge is 0.410 e. The fourth-order valence-corrected chi connectivity index (χ4v) is 6.15. The Hall–Kier alpha value is -3.91. The quantitative estimate of drug-likeness (QED) is 0.422. The number of aromatic nitrogens is 4. The molecule has 0 atom stereocenters. The van der Waals surface area contributed by atoms with Gasteiger partial charge in [0, 0.05) is 30.7 Å². The van der Waals surface area contributed by atoms with E-state index in [9.17, 15) is 18.5 Å². The molecule has 192 valence electrons. The Morgan fingerprint density at radius 2 is 1.86 bits per heavy atom. The molecular formula is C26H28N6O4S. The van der Waals surface area contributed by atoms with E-state index in [1.165, 1.54) is 12.1 Å². The summed E-state index contributed by atoms with van der Waals surface area (Å²) in [4.78, 5) is 26.6. The summed E-state index contributed by atoms with van der Waals surface area (Å²) in [5.74, 6) is 0.480. The van der Waals surface area contributed by atoms with Gasteiger partial charge in [0.2, 0.25) is 9.84 Å². The van der Waals surface area contributed by atoms with Crippen LogP contribution in [0.3, 0.4) is 0 Å². The van der Waals surface area contributed by atoms with E-state index in [4.69, 9.17) is 4.74 Å². The number of rotatable bonds is 4. The van der Waals surface area contributed by atoms with E-state index in [0.29, 0.717) is 42.9 Å². The Bertz CT molecular complexity index is 1620. The van der Waals surface area contributed by atoms with Gasteiger partial charge in [-0.3, -0.25) is 0 Å². The van der Waals surface area contributed by atoms with Crippen LogP contribution in [0.2, 0.25) is 0 Å². The van der Waals surface area contributed by atoms with Crippen molar-refractivity contribution < 1.29 is 17.9 Å². The highest BCUT2D eigenvalue weighted by Gasteiger charge is 2.33. The van der Waals surface area contributed by atoms with Crippen molar-refractivity contribution in [1.29, 1.82) is 5.26 Å². The molecule has 3 aromatic heterocycles. The molecule has 5 rings (SSSR count). The molecule has 1 aromatic carbocycles. The molecule has 1 amide bonds. The molecule has 0 radical (unpaired) electrons. The van der Waals surface area contributed by atoms with Gasteiger partial charge in [-0.05, 0) is 51.8 Å². The van der Waals surface area contributed by atoms with Gasteiger partial charge in [0.1, 0.15) is 22.6 Å². The van der Waals surface area contributed by atoms with Crippen LogP contribution in [0.4, 0.5) is 4.79 Å². The zero-order valence-electron chi connectivity index (χ0n) is 20.9. The number of sulfone groups is 1. The van der Waals surface area contributed by atoms with Crippen molar-refractivity contribution in [2.45, 2.75) is 61.6 Å². The first-order valence-electron chi connectivity index (χ1n) is 12.1. The van der Waals surface area contributed by atoms with Crippen LogP contribution in [0.1, 0.15) is 45.5 Å². The van der Waals surface area contributed by atoms with Crippen LogP contribution in [-0.4, -0.2) is 57.6 Å². The first-order valence-corrected chi connectivity index (χ1v) is 13.6. The summed E-state index contributed by atoms with van der Waals surface area (Å²) in [6.07, 6.45) is 2.59. The van der Waals surface area contributed by atoms with Gasteiger partial charge in [-0.25, -0.2) is 23.2 Å². The first kappa shape index (κ1) is 24.8. The van der Waals surface area contributed by atoms with Crippen molar-refractivity contribution in [2.75, 3.05) is 13.1 Å². The third-order valence-corrected chi connectivity index (χ3v) is 8.09.